The lowest BCUT2D eigenvalue weighted by molar-refractivity contribution is -0.00177. The zero-order valence-electron chi connectivity index (χ0n) is 15.4. The largest absolute Gasteiger partial charge is 0.504 e. The molecular formula is C19H24O8. The molecular weight excluding hydrogens is 356 g/mol. The van der Waals surface area contributed by atoms with Crippen LogP contribution in [0.1, 0.15) is 17.2 Å². The average molecular weight is 380 g/mol. The predicted octanol–water partition coefficient (Wildman–Crippen LogP) is 1.38. The number of hydrogen-bond donors (Lipinski definition) is 4. The third kappa shape index (κ3) is 4.54. The highest BCUT2D eigenvalue weighted by atomic mass is 16.6. The zero-order valence-corrected chi connectivity index (χ0v) is 15.4. The first-order valence-electron chi connectivity index (χ1n) is 8.17. The predicted molar refractivity (Wildman–Crippen MR) is 96.6 cm³/mol. The number of methoxy groups -OCH3 is 3. The van der Waals surface area contributed by atoms with Crippen LogP contribution in [0.5, 0.6) is 28.7 Å². The Bertz CT molecular complexity index is 736. The second-order valence-electron chi connectivity index (χ2n) is 5.70. The highest BCUT2D eigenvalue weighted by molar-refractivity contribution is 5.54. The molecule has 0 aliphatic rings. The van der Waals surface area contributed by atoms with Gasteiger partial charge < -0.3 is 39.4 Å². The van der Waals surface area contributed by atoms with Crippen molar-refractivity contribution < 1.29 is 39.4 Å². The number of phenols is 1. The van der Waals surface area contributed by atoms with Gasteiger partial charge in [-0.3, -0.25) is 0 Å². The van der Waals surface area contributed by atoms with E-state index in [0.717, 1.165) is 0 Å². The molecule has 148 valence electrons. The molecule has 27 heavy (non-hydrogen) atoms. The van der Waals surface area contributed by atoms with Crippen LogP contribution in [0.15, 0.2) is 30.3 Å². The van der Waals surface area contributed by atoms with Gasteiger partial charge in [0.2, 0.25) is 5.75 Å². The summed E-state index contributed by atoms with van der Waals surface area (Å²) in [4.78, 5) is 0. The summed E-state index contributed by atoms with van der Waals surface area (Å²) in [6, 6.07) is 7.47. The summed E-state index contributed by atoms with van der Waals surface area (Å²) in [5.41, 5.74) is 0.939. The van der Waals surface area contributed by atoms with Crippen molar-refractivity contribution in [2.24, 2.45) is 0 Å². The Balaban J connectivity index is 2.36. The van der Waals surface area contributed by atoms with E-state index in [1.54, 1.807) is 12.1 Å². The Morgan fingerprint density at radius 2 is 1.48 bits per heavy atom. The Labute approximate surface area is 157 Å². The minimum atomic E-state index is -1.23. The summed E-state index contributed by atoms with van der Waals surface area (Å²) < 4.78 is 21.4. The SMILES string of the molecule is COc1cc([C@@H](O)[C@H](CO)Oc2c(OC)cc(CO)cc2OC)ccc1O. The fourth-order valence-corrected chi connectivity index (χ4v) is 2.59. The van der Waals surface area contributed by atoms with Crippen molar-refractivity contribution in [3.63, 3.8) is 0 Å². The zero-order chi connectivity index (χ0) is 20.0. The maximum absolute atomic E-state index is 10.6. The summed E-state index contributed by atoms with van der Waals surface area (Å²) in [5.74, 6) is 0.865. The minimum absolute atomic E-state index is 0.0714. The van der Waals surface area contributed by atoms with Gasteiger partial charge >= 0.3 is 0 Å². The van der Waals surface area contributed by atoms with E-state index < -0.39 is 18.8 Å². The molecule has 0 aromatic heterocycles. The van der Waals surface area contributed by atoms with Crippen LogP contribution in [0.25, 0.3) is 0 Å². The summed E-state index contributed by atoms with van der Waals surface area (Å²) in [6.45, 7) is -0.717. The van der Waals surface area contributed by atoms with Gasteiger partial charge in [-0.15, -0.1) is 0 Å². The second kappa shape index (κ2) is 9.31. The third-order valence-electron chi connectivity index (χ3n) is 4.05. The van der Waals surface area contributed by atoms with E-state index in [4.69, 9.17) is 18.9 Å². The van der Waals surface area contributed by atoms with Crippen LogP contribution in [-0.4, -0.2) is 54.5 Å². The third-order valence-corrected chi connectivity index (χ3v) is 4.05. The molecule has 0 aliphatic carbocycles. The normalized spacial score (nSPS) is 13.0. The lowest BCUT2D eigenvalue weighted by Crippen LogP contribution is -2.29. The molecule has 2 rings (SSSR count). The monoisotopic (exact) mass is 380 g/mol. The molecule has 0 heterocycles. The number of aromatic hydroxyl groups is 1. The van der Waals surface area contributed by atoms with Crippen LogP contribution >= 0.6 is 0 Å². The molecule has 0 aliphatic heterocycles. The van der Waals surface area contributed by atoms with Gasteiger partial charge in [-0.1, -0.05) is 6.07 Å². The highest BCUT2D eigenvalue weighted by Crippen LogP contribution is 2.40. The molecule has 0 amide bonds. The van der Waals surface area contributed by atoms with E-state index >= 15 is 0 Å². The van der Waals surface area contributed by atoms with E-state index in [-0.39, 0.29) is 35.4 Å². The summed E-state index contributed by atoms with van der Waals surface area (Å²) in [5, 5.41) is 39.4. The maximum Gasteiger partial charge on any atom is 0.204 e. The van der Waals surface area contributed by atoms with Crippen molar-refractivity contribution >= 4 is 0 Å². The summed E-state index contributed by atoms with van der Waals surface area (Å²) in [6.07, 6.45) is -2.28. The second-order valence-corrected chi connectivity index (χ2v) is 5.70. The van der Waals surface area contributed by atoms with Gasteiger partial charge in [-0.25, -0.2) is 0 Å². The van der Waals surface area contributed by atoms with Gasteiger partial charge in [0.1, 0.15) is 6.10 Å². The molecule has 2 aromatic rings. The van der Waals surface area contributed by atoms with E-state index in [9.17, 15) is 20.4 Å². The van der Waals surface area contributed by atoms with Crippen LogP contribution in [0, 0.1) is 0 Å². The van der Waals surface area contributed by atoms with Gasteiger partial charge in [0.15, 0.2) is 29.1 Å². The van der Waals surface area contributed by atoms with Gasteiger partial charge in [0, 0.05) is 0 Å². The lowest BCUT2D eigenvalue weighted by atomic mass is 10.0. The Morgan fingerprint density at radius 3 is 1.96 bits per heavy atom. The van der Waals surface area contributed by atoms with Crippen molar-refractivity contribution in [3.8, 4) is 28.7 Å². The first-order chi connectivity index (χ1) is 13.0. The molecule has 2 atom stereocenters. The van der Waals surface area contributed by atoms with E-state index in [2.05, 4.69) is 0 Å². The van der Waals surface area contributed by atoms with Crippen LogP contribution < -0.4 is 18.9 Å². The summed E-state index contributed by atoms with van der Waals surface area (Å²) >= 11 is 0. The fourth-order valence-electron chi connectivity index (χ4n) is 2.59. The molecule has 8 heteroatoms. The first kappa shape index (κ1) is 20.6. The van der Waals surface area contributed by atoms with E-state index in [0.29, 0.717) is 11.1 Å². The highest BCUT2D eigenvalue weighted by Gasteiger charge is 2.26. The molecule has 0 unspecified atom stereocenters. The standard InChI is InChI=1S/C19H24O8/c1-24-14-8-12(4-5-13(14)22)18(23)17(10-21)27-19-15(25-2)6-11(9-20)7-16(19)26-3/h4-8,17-18,20-23H,9-10H2,1-3H3/t17-,18+/m0/s1. The Hall–Kier alpha value is -2.68. The molecule has 4 N–H and O–H groups in total. The molecule has 0 spiro atoms. The summed E-state index contributed by atoms with van der Waals surface area (Å²) in [7, 11) is 4.25. The van der Waals surface area contributed by atoms with E-state index in [1.807, 2.05) is 0 Å². The minimum Gasteiger partial charge on any atom is -0.504 e. The van der Waals surface area contributed by atoms with Gasteiger partial charge in [-0.05, 0) is 35.4 Å². The van der Waals surface area contributed by atoms with Crippen molar-refractivity contribution in [3.05, 3.63) is 41.5 Å². The first-order valence-corrected chi connectivity index (χ1v) is 8.17. The number of ether oxygens (including phenoxy) is 4. The Kier molecular flexibility index (Phi) is 7.12. The molecule has 0 saturated heterocycles. The van der Waals surface area contributed by atoms with Crippen LogP contribution in [0.2, 0.25) is 0 Å². The van der Waals surface area contributed by atoms with Crippen LogP contribution in [0.3, 0.4) is 0 Å². The van der Waals surface area contributed by atoms with Crippen molar-refractivity contribution in [1.82, 2.24) is 0 Å². The molecule has 2 aromatic carbocycles. The van der Waals surface area contributed by atoms with Gasteiger partial charge in [0.25, 0.3) is 0 Å². The quantitative estimate of drug-likeness (QED) is 0.515. The number of benzene rings is 2. The van der Waals surface area contributed by atoms with Crippen molar-refractivity contribution in [2.45, 2.75) is 18.8 Å². The van der Waals surface area contributed by atoms with Crippen molar-refractivity contribution in [2.75, 3.05) is 27.9 Å². The maximum atomic E-state index is 10.6. The number of rotatable bonds is 9. The smallest absolute Gasteiger partial charge is 0.204 e. The van der Waals surface area contributed by atoms with Gasteiger partial charge in [0.05, 0.1) is 34.5 Å². The molecule has 8 nitrogen and oxygen atoms in total. The number of aliphatic hydroxyl groups excluding tert-OH is 3. The van der Waals surface area contributed by atoms with Crippen LogP contribution in [-0.2, 0) is 6.61 Å². The molecule has 0 radical (unpaired) electrons. The van der Waals surface area contributed by atoms with Crippen LogP contribution in [0.4, 0.5) is 0 Å². The molecule has 0 saturated carbocycles. The number of hydrogen-bond acceptors (Lipinski definition) is 8. The van der Waals surface area contributed by atoms with E-state index in [1.165, 1.54) is 39.5 Å². The van der Waals surface area contributed by atoms with Gasteiger partial charge in [-0.2, -0.15) is 0 Å². The van der Waals surface area contributed by atoms with Crippen molar-refractivity contribution in [1.29, 1.82) is 0 Å². The Morgan fingerprint density at radius 1 is 0.889 bits per heavy atom. The topological polar surface area (TPSA) is 118 Å². The number of phenolic OH excluding ortho intramolecular Hbond substituents is 1. The molecule has 0 fully saturated rings. The molecule has 0 bridgehead atoms. The lowest BCUT2D eigenvalue weighted by Gasteiger charge is -2.25. The average Bonchev–Trinajstić information content (AvgIpc) is 2.71. The fraction of sp³-hybridized carbons (Fsp3) is 0.368. The number of aliphatic hydroxyl groups is 3.